The Hall–Kier alpha value is -2.35. The molecule has 0 atom stereocenters. The zero-order valence-corrected chi connectivity index (χ0v) is 11.1. The third-order valence-corrected chi connectivity index (χ3v) is 2.73. The zero-order valence-electron chi connectivity index (χ0n) is 11.1. The van der Waals surface area contributed by atoms with Crippen molar-refractivity contribution >= 4 is 17.6 Å². The smallest absolute Gasteiger partial charge is 0.308 e. The molecular formula is C17H16O2. The molecule has 2 aromatic rings. The van der Waals surface area contributed by atoms with E-state index in [4.69, 9.17) is 4.74 Å². The molecule has 0 bridgehead atoms. The Labute approximate surface area is 113 Å². The summed E-state index contributed by atoms with van der Waals surface area (Å²) in [5.74, 6) is 0.271. The van der Waals surface area contributed by atoms with Gasteiger partial charge >= 0.3 is 5.97 Å². The van der Waals surface area contributed by atoms with Crippen molar-refractivity contribution in [3.05, 3.63) is 65.7 Å². The second-order valence-electron chi connectivity index (χ2n) is 4.36. The maximum atomic E-state index is 10.9. The summed E-state index contributed by atoms with van der Waals surface area (Å²) in [6.07, 6.45) is 2.10. The summed E-state index contributed by atoms with van der Waals surface area (Å²) in [6, 6.07) is 17.7. The first-order chi connectivity index (χ1) is 9.15. The summed E-state index contributed by atoms with van der Waals surface area (Å²) in [6.45, 7) is 3.44. The molecule has 0 aliphatic carbocycles. The van der Waals surface area contributed by atoms with Crippen molar-refractivity contribution in [3.8, 4) is 5.75 Å². The zero-order chi connectivity index (χ0) is 13.7. The van der Waals surface area contributed by atoms with E-state index in [0.29, 0.717) is 5.75 Å². The molecule has 0 unspecified atom stereocenters. The minimum atomic E-state index is -0.304. The lowest BCUT2D eigenvalue weighted by atomic mass is 10.0. The van der Waals surface area contributed by atoms with E-state index in [0.717, 1.165) is 16.7 Å². The average Bonchev–Trinajstić information content (AvgIpc) is 2.39. The molecule has 0 aromatic heterocycles. The van der Waals surface area contributed by atoms with Crippen molar-refractivity contribution in [3.63, 3.8) is 0 Å². The van der Waals surface area contributed by atoms with Gasteiger partial charge in [0.2, 0.25) is 0 Å². The van der Waals surface area contributed by atoms with E-state index in [-0.39, 0.29) is 5.97 Å². The first-order valence-corrected chi connectivity index (χ1v) is 6.17. The predicted octanol–water partition coefficient (Wildman–Crippen LogP) is 4.17. The normalized spacial score (nSPS) is 11.2. The first-order valence-electron chi connectivity index (χ1n) is 6.17. The number of carbonyl (C=O) groups excluding carboxylic acids is 1. The van der Waals surface area contributed by atoms with Crippen LogP contribution in [0.1, 0.15) is 25.0 Å². The molecule has 2 nitrogen and oxygen atoms in total. The van der Waals surface area contributed by atoms with Gasteiger partial charge in [-0.15, -0.1) is 0 Å². The summed E-state index contributed by atoms with van der Waals surface area (Å²) in [4.78, 5) is 10.9. The molecule has 0 heterocycles. The highest BCUT2D eigenvalue weighted by Crippen LogP contribution is 2.22. The van der Waals surface area contributed by atoms with E-state index >= 15 is 0 Å². The van der Waals surface area contributed by atoms with Gasteiger partial charge in [-0.05, 0) is 35.8 Å². The molecule has 0 aliphatic heterocycles. The maximum Gasteiger partial charge on any atom is 0.308 e. The molecule has 2 rings (SSSR count). The summed E-state index contributed by atoms with van der Waals surface area (Å²) in [5, 5.41) is 0. The lowest BCUT2D eigenvalue weighted by molar-refractivity contribution is -0.131. The molecule has 0 saturated heterocycles. The number of hydrogen-bond acceptors (Lipinski definition) is 2. The molecule has 19 heavy (non-hydrogen) atoms. The molecule has 0 aliphatic rings. The number of carbonyl (C=O) groups is 1. The van der Waals surface area contributed by atoms with Crippen LogP contribution in [0.2, 0.25) is 0 Å². The highest BCUT2D eigenvalue weighted by molar-refractivity contribution is 5.81. The molecule has 0 spiro atoms. The fraction of sp³-hybridized carbons (Fsp3) is 0.118. The van der Waals surface area contributed by atoms with Gasteiger partial charge < -0.3 is 4.74 Å². The van der Waals surface area contributed by atoms with Gasteiger partial charge in [-0.25, -0.2) is 0 Å². The van der Waals surface area contributed by atoms with Crippen molar-refractivity contribution in [2.24, 2.45) is 0 Å². The fourth-order valence-corrected chi connectivity index (χ4v) is 1.85. The molecule has 2 heteroatoms. The van der Waals surface area contributed by atoms with Crippen molar-refractivity contribution in [1.29, 1.82) is 0 Å². The van der Waals surface area contributed by atoms with Crippen LogP contribution >= 0.6 is 0 Å². The van der Waals surface area contributed by atoms with Crippen LogP contribution in [0, 0.1) is 0 Å². The first kappa shape index (κ1) is 13.1. The van der Waals surface area contributed by atoms with Gasteiger partial charge in [0.15, 0.2) is 0 Å². The number of hydrogen-bond donors (Lipinski definition) is 0. The van der Waals surface area contributed by atoms with Gasteiger partial charge in [0.1, 0.15) is 5.75 Å². The molecule has 96 valence electrons. The Kier molecular flexibility index (Phi) is 4.14. The van der Waals surface area contributed by atoms with Crippen LogP contribution in [-0.4, -0.2) is 5.97 Å². The standard InChI is InChI=1S/C17H16O2/c1-13(11-15-7-4-3-5-8-15)16-9-6-10-17(12-16)19-14(2)18/h3-12H,1-2H3/b13-11+. The van der Waals surface area contributed by atoms with Crippen LogP contribution in [0.5, 0.6) is 5.75 Å². The van der Waals surface area contributed by atoms with Crippen molar-refractivity contribution < 1.29 is 9.53 Å². The Morgan fingerprint density at radius 3 is 2.42 bits per heavy atom. The molecule has 0 N–H and O–H groups in total. The number of benzene rings is 2. The molecule has 0 amide bonds. The lowest BCUT2D eigenvalue weighted by Gasteiger charge is -2.05. The SMILES string of the molecule is CC(=O)Oc1cccc(/C(C)=C/c2ccccc2)c1. The second-order valence-corrected chi connectivity index (χ2v) is 4.36. The Balaban J connectivity index is 2.26. The van der Waals surface area contributed by atoms with Gasteiger partial charge in [0.05, 0.1) is 0 Å². The van der Waals surface area contributed by atoms with E-state index in [2.05, 4.69) is 18.2 Å². The average molecular weight is 252 g/mol. The monoisotopic (exact) mass is 252 g/mol. The third-order valence-electron chi connectivity index (χ3n) is 2.73. The lowest BCUT2D eigenvalue weighted by Crippen LogP contribution is -2.01. The summed E-state index contributed by atoms with van der Waals surface area (Å²) >= 11 is 0. The minimum absolute atomic E-state index is 0.304. The Morgan fingerprint density at radius 1 is 1.00 bits per heavy atom. The fourth-order valence-electron chi connectivity index (χ4n) is 1.85. The van der Waals surface area contributed by atoms with E-state index in [1.165, 1.54) is 6.92 Å². The van der Waals surface area contributed by atoms with E-state index in [1.54, 1.807) is 6.07 Å². The van der Waals surface area contributed by atoms with Gasteiger partial charge in [0, 0.05) is 6.92 Å². The van der Waals surface area contributed by atoms with Gasteiger partial charge in [-0.2, -0.15) is 0 Å². The van der Waals surface area contributed by atoms with Crippen molar-refractivity contribution in [2.75, 3.05) is 0 Å². The largest absolute Gasteiger partial charge is 0.427 e. The van der Waals surface area contributed by atoms with Gasteiger partial charge in [0.25, 0.3) is 0 Å². The van der Waals surface area contributed by atoms with Crippen molar-refractivity contribution in [1.82, 2.24) is 0 Å². The third kappa shape index (κ3) is 3.81. The maximum absolute atomic E-state index is 10.9. The molecule has 0 radical (unpaired) electrons. The predicted molar refractivity (Wildman–Crippen MR) is 77.7 cm³/mol. The van der Waals surface area contributed by atoms with Crippen LogP contribution in [0.15, 0.2) is 54.6 Å². The van der Waals surface area contributed by atoms with E-state index in [1.807, 2.05) is 43.3 Å². The van der Waals surface area contributed by atoms with Gasteiger partial charge in [-0.3, -0.25) is 4.79 Å². The van der Waals surface area contributed by atoms with E-state index < -0.39 is 0 Å². The summed E-state index contributed by atoms with van der Waals surface area (Å²) in [5.41, 5.74) is 3.32. The van der Waals surface area contributed by atoms with Crippen LogP contribution < -0.4 is 4.74 Å². The molecule has 0 fully saturated rings. The topological polar surface area (TPSA) is 26.3 Å². The van der Waals surface area contributed by atoms with Gasteiger partial charge in [-0.1, -0.05) is 48.5 Å². The number of ether oxygens (including phenoxy) is 1. The quantitative estimate of drug-likeness (QED) is 0.465. The highest BCUT2D eigenvalue weighted by atomic mass is 16.5. The summed E-state index contributed by atoms with van der Waals surface area (Å²) in [7, 11) is 0. The number of allylic oxidation sites excluding steroid dienone is 1. The highest BCUT2D eigenvalue weighted by Gasteiger charge is 2.01. The van der Waals surface area contributed by atoms with Crippen LogP contribution in [0.4, 0.5) is 0 Å². The number of esters is 1. The minimum Gasteiger partial charge on any atom is -0.427 e. The Bertz CT molecular complexity index is 598. The van der Waals surface area contributed by atoms with Crippen LogP contribution in [0.25, 0.3) is 11.6 Å². The molecule has 2 aromatic carbocycles. The van der Waals surface area contributed by atoms with E-state index in [9.17, 15) is 4.79 Å². The molecular weight excluding hydrogens is 236 g/mol. The Morgan fingerprint density at radius 2 is 1.74 bits per heavy atom. The van der Waals surface area contributed by atoms with Crippen LogP contribution in [-0.2, 0) is 4.79 Å². The van der Waals surface area contributed by atoms with Crippen LogP contribution in [0.3, 0.4) is 0 Å². The van der Waals surface area contributed by atoms with Crippen molar-refractivity contribution in [2.45, 2.75) is 13.8 Å². The summed E-state index contributed by atoms with van der Waals surface area (Å²) < 4.78 is 5.09. The second kappa shape index (κ2) is 6.01. The molecule has 0 saturated carbocycles. The number of rotatable bonds is 3.